The van der Waals surface area contributed by atoms with Gasteiger partial charge in [-0.15, -0.1) is 0 Å². The van der Waals surface area contributed by atoms with Crippen molar-refractivity contribution >= 4 is 11.8 Å². The number of nitrogens with one attached hydrogen (secondary N) is 1. The smallest absolute Gasteiger partial charge is 0.243 e. The first-order valence-electron chi connectivity index (χ1n) is 12.6. The minimum absolute atomic E-state index is 0.00358. The van der Waals surface area contributed by atoms with E-state index in [1.54, 1.807) is 11.8 Å². The first-order chi connectivity index (χ1) is 15.2. The predicted octanol–water partition coefficient (Wildman–Crippen LogP) is 4.42. The van der Waals surface area contributed by atoms with E-state index in [0.29, 0.717) is 12.0 Å². The van der Waals surface area contributed by atoms with E-state index in [0.717, 1.165) is 38.8 Å². The van der Waals surface area contributed by atoms with Crippen LogP contribution in [0.5, 0.6) is 0 Å². The molecule has 2 saturated heterocycles. The number of carbonyl (C=O) groups excluding carboxylic acids is 2. The molecule has 2 atom stereocenters. The molecule has 3 aliphatic rings. The number of amides is 2. The molecule has 5 heteroatoms. The van der Waals surface area contributed by atoms with Gasteiger partial charge in [0.1, 0.15) is 6.04 Å². The van der Waals surface area contributed by atoms with Gasteiger partial charge in [-0.1, -0.05) is 45.0 Å². The lowest BCUT2D eigenvalue weighted by Crippen LogP contribution is -2.49. The maximum Gasteiger partial charge on any atom is 0.243 e. The number of piperidine rings is 1. The van der Waals surface area contributed by atoms with E-state index in [2.05, 4.69) is 55.3 Å². The van der Waals surface area contributed by atoms with Gasteiger partial charge in [-0.3, -0.25) is 9.59 Å². The Labute approximate surface area is 193 Å². The Bertz CT molecular complexity index is 836. The van der Waals surface area contributed by atoms with Gasteiger partial charge in [0.25, 0.3) is 0 Å². The van der Waals surface area contributed by atoms with Crippen molar-refractivity contribution in [1.29, 1.82) is 0 Å². The van der Waals surface area contributed by atoms with Gasteiger partial charge >= 0.3 is 0 Å². The van der Waals surface area contributed by atoms with E-state index in [-0.39, 0.29) is 29.3 Å². The number of nitrogens with zero attached hydrogens (tertiary/aromatic N) is 2. The fourth-order valence-electron chi connectivity index (χ4n) is 6.05. The molecule has 1 aromatic carbocycles. The van der Waals surface area contributed by atoms with Gasteiger partial charge in [0.05, 0.1) is 6.04 Å². The standard InChI is InChI=1S/C27H41N3O2/c1-20(31)30-16-7-10-24(30)25(32)28-23-11-12-27(22-9-6-5-8-21(22)23)14-18-29(19-15-27)17-13-26(2,3)4/h5-6,8-9,23-24H,7,10-19H2,1-4H3,(H,28,32)/t23-,24-/m1/s1. The summed E-state index contributed by atoms with van der Waals surface area (Å²) in [6, 6.07) is 8.53. The Kier molecular flexibility index (Phi) is 6.67. The highest BCUT2D eigenvalue weighted by molar-refractivity contribution is 5.87. The topological polar surface area (TPSA) is 52.7 Å². The second-order valence-corrected chi connectivity index (χ2v) is 11.5. The Hall–Kier alpha value is -1.88. The molecule has 1 spiro atoms. The highest BCUT2D eigenvalue weighted by atomic mass is 16.2. The first kappa shape index (κ1) is 23.3. The second kappa shape index (κ2) is 9.17. The summed E-state index contributed by atoms with van der Waals surface area (Å²) in [7, 11) is 0. The second-order valence-electron chi connectivity index (χ2n) is 11.5. The van der Waals surface area contributed by atoms with Gasteiger partial charge in [0.15, 0.2) is 0 Å². The van der Waals surface area contributed by atoms with Crippen molar-refractivity contribution in [3.8, 4) is 0 Å². The van der Waals surface area contributed by atoms with Crippen LogP contribution in [0.4, 0.5) is 0 Å². The molecule has 0 unspecified atom stereocenters. The minimum Gasteiger partial charge on any atom is -0.347 e. The number of hydrogen-bond donors (Lipinski definition) is 1. The Balaban J connectivity index is 1.45. The van der Waals surface area contributed by atoms with Gasteiger partial charge in [-0.25, -0.2) is 0 Å². The van der Waals surface area contributed by atoms with Crippen LogP contribution >= 0.6 is 0 Å². The summed E-state index contributed by atoms with van der Waals surface area (Å²) in [5.41, 5.74) is 3.37. The quantitative estimate of drug-likeness (QED) is 0.756. The number of carbonyl (C=O) groups is 2. The molecule has 0 aromatic heterocycles. The van der Waals surface area contributed by atoms with Crippen LogP contribution < -0.4 is 5.32 Å². The van der Waals surface area contributed by atoms with E-state index < -0.39 is 0 Å². The highest BCUT2D eigenvalue weighted by Crippen LogP contribution is 2.48. The fourth-order valence-corrected chi connectivity index (χ4v) is 6.05. The van der Waals surface area contributed by atoms with Gasteiger partial charge in [-0.2, -0.15) is 0 Å². The van der Waals surface area contributed by atoms with Crippen LogP contribution in [-0.2, 0) is 15.0 Å². The number of hydrogen-bond acceptors (Lipinski definition) is 3. The van der Waals surface area contributed by atoms with Crippen molar-refractivity contribution in [1.82, 2.24) is 15.1 Å². The molecule has 4 rings (SSSR count). The van der Waals surface area contributed by atoms with E-state index in [1.165, 1.54) is 36.9 Å². The molecule has 2 amide bonds. The Morgan fingerprint density at radius 2 is 1.78 bits per heavy atom. The molecule has 5 nitrogen and oxygen atoms in total. The molecular weight excluding hydrogens is 398 g/mol. The Morgan fingerprint density at radius 1 is 1.06 bits per heavy atom. The molecule has 1 aromatic rings. The van der Waals surface area contributed by atoms with Crippen molar-refractivity contribution in [2.24, 2.45) is 5.41 Å². The van der Waals surface area contributed by atoms with Crippen molar-refractivity contribution in [3.05, 3.63) is 35.4 Å². The summed E-state index contributed by atoms with van der Waals surface area (Å²) in [6.07, 6.45) is 7.44. The zero-order valence-electron chi connectivity index (χ0n) is 20.5. The molecule has 1 aliphatic carbocycles. The summed E-state index contributed by atoms with van der Waals surface area (Å²) in [6.45, 7) is 12.8. The average molecular weight is 440 g/mol. The minimum atomic E-state index is -0.304. The zero-order valence-corrected chi connectivity index (χ0v) is 20.5. The fraction of sp³-hybridized carbons (Fsp3) is 0.704. The van der Waals surface area contributed by atoms with Crippen LogP contribution in [0, 0.1) is 5.41 Å². The molecule has 1 N–H and O–H groups in total. The van der Waals surface area contributed by atoms with Crippen LogP contribution in [0.25, 0.3) is 0 Å². The van der Waals surface area contributed by atoms with Crippen molar-refractivity contribution < 1.29 is 9.59 Å². The van der Waals surface area contributed by atoms with Crippen molar-refractivity contribution in [2.75, 3.05) is 26.2 Å². The third-order valence-electron chi connectivity index (χ3n) is 8.09. The number of likely N-dealkylation sites (tertiary alicyclic amines) is 2. The average Bonchev–Trinajstić information content (AvgIpc) is 3.26. The molecule has 2 aliphatic heterocycles. The normalized spacial score (nSPS) is 25.6. The molecule has 0 radical (unpaired) electrons. The zero-order chi connectivity index (χ0) is 22.9. The number of benzene rings is 1. The third kappa shape index (κ3) is 4.88. The number of rotatable bonds is 4. The van der Waals surface area contributed by atoms with Gasteiger partial charge in [0.2, 0.25) is 11.8 Å². The molecule has 2 heterocycles. The Morgan fingerprint density at radius 3 is 2.47 bits per heavy atom. The van der Waals surface area contributed by atoms with Gasteiger partial charge in [0, 0.05) is 13.5 Å². The lowest BCUT2D eigenvalue weighted by Gasteiger charge is -2.47. The number of fused-ring (bicyclic) bond motifs is 2. The maximum absolute atomic E-state index is 13.1. The van der Waals surface area contributed by atoms with Crippen molar-refractivity contribution in [3.63, 3.8) is 0 Å². The third-order valence-corrected chi connectivity index (χ3v) is 8.09. The van der Waals surface area contributed by atoms with E-state index in [9.17, 15) is 9.59 Å². The summed E-state index contributed by atoms with van der Waals surface area (Å²) in [5, 5.41) is 3.33. The van der Waals surface area contributed by atoms with E-state index in [4.69, 9.17) is 0 Å². The molecule has 0 saturated carbocycles. The summed E-state index contributed by atoms with van der Waals surface area (Å²) < 4.78 is 0. The van der Waals surface area contributed by atoms with Crippen molar-refractivity contribution in [2.45, 2.75) is 90.1 Å². The summed E-state index contributed by atoms with van der Waals surface area (Å²) >= 11 is 0. The monoisotopic (exact) mass is 439 g/mol. The highest BCUT2D eigenvalue weighted by Gasteiger charge is 2.43. The summed E-state index contributed by atoms with van der Waals surface area (Å²) in [4.78, 5) is 29.4. The molecular formula is C27H41N3O2. The van der Waals surface area contributed by atoms with E-state index >= 15 is 0 Å². The van der Waals surface area contributed by atoms with Crippen LogP contribution in [0.2, 0.25) is 0 Å². The van der Waals surface area contributed by atoms with Crippen LogP contribution in [0.3, 0.4) is 0 Å². The van der Waals surface area contributed by atoms with Crippen LogP contribution in [0.15, 0.2) is 24.3 Å². The van der Waals surface area contributed by atoms with Gasteiger partial charge < -0.3 is 15.1 Å². The SMILES string of the molecule is CC(=O)N1CCC[C@@H]1C(=O)N[C@@H]1CCC2(CCN(CCC(C)(C)C)CC2)c2ccccc21. The molecule has 2 fully saturated rings. The molecule has 0 bridgehead atoms. The van der Waals surface area contributed by atoms with Crippen LogP contribution in [-0.4, -0.2) is 53.8 Å². The van der Waals surface area contributed by atoms with Gasteiger partial charge in [-0.05, 0) is 86.5 Å². The van der Waals surface area contributed by atoms with Crippen LogP contribution in [0.1, 0.15) is 89.8 Å². The lowest BCUT2D eigenvalue weighted by atomic mass is 9.63. The van der Waals surface area contributed by atoms with E-state index in [1.807, 2.05) is 0 Å². The maximum atomic E-state index is 13.1. The largest absolute Gasteiger partial charge is 0.347 e. The summed E-state index contributed by atoms with van der Waals surface area (Å²) in [5.74, 6) is 0.0225. The first-order valence-corrected chi connectivity index (χ1v) is 12.6. The predicted molar refractivity (Wildman–Crippen MR) is 128 cm³/mol. The molecule has 176 valence electrons. The molecule has 32 heavy (non-hydrogen) atoms. The lowest BCUT2D eigenvalue weighted by molar-refractivity contribution is -0.137.